The first kappa shape index (κ1) is 15.7. The van der Waals surface area contributed by atoms with E-state index in [9.17, 15) is 8.42 Å². The zero-order valence-electron chi connectivity index (χ0n) is 11.3. The molecule has 2 rings (SSSR count). The molecule has 0 radical (unpaired) electrons. The van der Waals surface area contributed by atoms with Crippen LogP contribution in [0, 0.1) is 0 Å². The van der Waals surface area contributed by atoms with Crippen LogP contribution in [0.3, 0.4) is 0 Å². The summed E-state index contributed by atoms with van der Waals surface area (Å²) in [5.74, 6) is 0.785. The minimum Gasteiger partial charge on any atom is -0.388 e. The van der Waals surface area contributed by atoms with Gasteiger partial charge in [-0.2, -0.15) is 16.1 Å². The van der Waals surface area contributed by atoms with Crippen molar-refractivity contribution in [2.24, 2.45) is 5.73 Å². The molecule has 0 aromatic carbocycles. The third-order valence-electron chi connectivity index (χ3n) is 3.42. The topological polar surface area (TPSA) is 76.3 Å². The molecule has 1 aromatic rings. The average Bonchev–Trinajstić information content (AvgIpc) is 2.41. The van der Waals surface area contributed by atoms with Crippen molar-refractivity contribution in [1.82, 2.24) is 9.29 Å². The lowest BCUT2D eigenvalue weighted by Crippen LogP contribution is -2.48. The number of sulfonamides is 1. The average molecular weight is 331 g/mol. The van der Waals surface area contributed by atoms with E-state index in [1.807, 2.05) is 13.8 Å². The fourth-order valence-electron chi connectivity index (χ4n) is 2.15. The second kappa shape index (κ2) is 5.97. The lowest BCUT2D eigenvalue weighted by molar-refractivity contribution is 0.340. The molecule has 20 heavy (non-hydrogen) atoms. The summed E-state index contributed by atoms with van der Waals surface area (Å²) in [6.45, 7) is 4.45. The maximum Gasteiger partial charge on any atom is 0.245 e. The number of nitrogens with two attached hydrogens (primary N) is 1. The monoisotopic (exact) mass is 331 g/mol. The number of aromatic nitrogens is 1. The molecule has 0 bridgehead atoms. The van der Waals surface area contributed by atoms with Crippen LogP contribution in [0.5, 0.6) is 0 Å². The predicted molar refractivity (Wildman–Crippen MR) is 85.4 cm³/mol. The van der Waals surface area contributed by atoms with Crippen LogP contribution >= 0.6 is 24.0 Å². The Bertz CT molecular complexity index is 618. The SMILES string of the molecule is CC1SCCN(S(=O)(=O)c2cccnc2C(N)=S)C1C. The highest BCUT2D eigenvalue weighted by molar-refractivity contribution is 8.00. The lowest BCUT2D eigenvalue weighted by atomic mass is 10.2. The molecule has 1 aliphatic heterocycles. The highest BCUT2D eigenvalue weighted by atomic mass is 32.2. The van der Waals surface area contributed by atoms with Crippen molar-refractivity contribution in [2.75, 3.05) is 12.3 Å². The Morgan fingerprint density at radius 2 is 2.25 bits per heavy atom. The van der Waals surface area contributed by atoms with Crippen molar-refractivity contribution in [1.29, 1.82) is 0 Å². The Hall–Kier alpha value is -0.700. The van der Waals surface area contributed by atoms with Crippen molar-refractivity contribution in [3.8, 4) is 0 Å². The van der Waals surface area contributed by atoms with Crippen molar-refractivity contribution < 1.29 is 8.42 Å². The zero-order valence-corrected chi connectivity index (χ0v) is 13.8. The normalized spacial score (nSPS) is 24.5. The van der Waals surface area contributed by atoms with E-state index >= 15 is 0 Å². The molecule has 1 fully saturated rings. The van der Waals surface area contributed by atoms with Gasteiger partial charge in [0.25, 0.3) is 0 Å². The molecule has 2 N–H and O–H groups in total. The Morgan fingerprint density at radius 1 is 1.55 bits per heavy atom. The lowest BCUT2D eigenvalue weighted by Gasteiger charge is -2.36. The van der Waals surface area contributed by atoms with Crippen LogP contribution < -0.4 is 5.73 Å². The second-order valence-corrected chi connectivity index (χ2v) is 8.43. The zero-order chi connectivity index (χ0) is 14.9. The van der Waals surface area contributed by atoms with Gasteiger partial charge in [0.1, 0.15) is 15.6 Å². The molecule has 2 atom stereocenters. The first-order valence-electron chi connectivity index (χ1n) is 6.24. The van der Waals surface area contributed by atoms with E-state index in [4.69, 9.17) is 18.0 Å². The van der Waals surface area contributed by atoms with E-state index in [0.717, 1.165) is 5.75 Å². The minimum absolute atomic E-state index is 0.00346. The number of thiocarbonyl (C=S) groups is 1. The van der Waals surface area contributed by atoms with E-state index in [1.54, 1.807) is 17.8 Å². The van der Waals surface area contributed by atoms with Gasteiger partial charge < -0.3 is 5.73 Å². The van der Waals surface area contributed by atoms with Crippen LogP contribution in [0.2, 0.25) is 0 Å². The number of hydrogen-bond acceptors (Lipinski definition) is 5. The molecule has 8 heteroatoms. The predicted octanol–water partition coefficient (Wildman–Crippen LogP) is 1.23. The van der Waals surface area contributed by atoms with Crippen LogP contribution in [-0.4, -0.2) is 46.3 Å². The van der Waals surface area contributed by atoms with Gasteiger partial charge in [0.15, 0.2) is 0 Å². The molecular formula is C12H17N3O2S3. The van der Waals surface area contributed by atoms with Crippen molar-refractivity contribution in [3.05, 3.63) is 24.0 Å². The maximum absolute atomic E-state index is 12.8. The summed E-state index contributed by atoms with van der Waals surface area (Å²) in [7, 11) is -3.63. The fraction of sp³-hybridized carbons (Fsp3) is 0.500. The summed E-state index contributed by atoms with van der Waals surface area (Å²) in [6.07, 6.45) is 1.49. The summed E-state index contributed by atoms with van der Waals surface area (Å²) < 4.78 is 27.2. The van der Waals surface area contributed by atoms with Gasteiger partial charge in [-0.1, -0.05) is 19.1 Å². The molecule has 1 aromatic heterocycles. The van der Waals surface area contributed by atoms with Gasteiger partial charge in [-0.25, -0.2) is 8.42 Å². The molecular weight excluding hydrogens is 314 g/mol. The largest absolute Gasteiger partial charge is 0.388 e. The first-order valence-corrected chi connectivity index (χ1v) is 9.13. The highest BCUT2D eigenvalue weighted by Crippen LogP contribution is 2.30. The van der Waals surface area contributed by atoms with Crippen molar-refractivity contribution in [3.63, 3.8) is 0 Å². The molecule has 0 amide bonds. The van der Waals surface area contributed by atoms with Gasteiger partial charge in [0.05, 0.1) is 0 Å². The first-order chi connectivity index (χ1) is 9.35. The summed E-state index contributed by atoms with van der Waals surface area (Å²) >= 11 is 6.68. The van der Waals surface area contributed by atoms with Gasteiger partial charge in [-0.15, -0.1) is 0 Å². The van der Waals surface area contributed by atoms with Gasteiger partial charge in [0.2, 0.25) is 10.0 Å². The van der Waals surface area contributed by atoms with E-state index in [-0.39, 0.29) is 26.9 Å². The number of thioether (sulfide) groups is 1. The Labute approximate surface area is 129 Å². The molecule has 0 aliphatic carbocycles. The Kier molecular flexibility index (Phi) is 4.68. The molecule has 1 aliphatic rings. The summed E-state index contributed by atoms with van der Waals surface area (Å²) in [4.78, 5) is 4.10. The van der Waals surface area contributed by atoms with Crippen LogP contribution in [0.4, 0.5) is 0 Å². The molecule has 110 valence electrons. The van der Waals surface area contributed by atoms with E-state index < -0.39 is 10.0 Å². The standard InChI is InChI=1S/C12H17N3O2S3/c1-8-9(2)19-7-6-15(8)20(16,17)10-4-3-5-14-11(10)12(13)18/h3-5,8-9H,6-7H2,1-2H3,(H2,13,18). The van der Waals surface area contributed by atoms with Gasteiger partial charge in [-0.3, -0.25) is 4.98 Å². The minimum atomic E-state index is -3.63. The highest BCUT2D eigenvalue weighted by Gasteiger charge is 2.36. The Morgan fingerprint density at radius 3 is 2.90 bits per heavy atom. The van der Waals surface area contributed by atoms with Crippen LogP contribution in [0.25, 0.3) is 0 Å². The summed E-state index contributed by atoms with van der Waals surface area (Å²) in [6, 6.07) is 3.02. The number of hydrogen-bond donors (Lipinski definition) is 1. The number of rotatable bonds is 3. The van der Waals surface area contributed by atoms with Gasteiger partial charge >= 0.3 is 0 Å². The van der Waals surface area contributed by atoms with Crippen LogP contribution in [0.15, 0.2) is 23.2 Å². The maximum atomic E-state index is 12.8. The molecule has 2 heterocycles. The van der Waals surface area contributed by atoms with Crippen molar-refractivity contribution in [2.45, 2.75) is 30.0 Å². The second-order valence-electron chi connectivity index (χ2n) is 4.65. The molecule has 5 nitrogen and oxygen atoms in total. The van der Waals surface area contributed by atoms with E-state index in [0.29, 0.717) is 6.54 Å². The van der Waals surface area contributed by atoms with E-state index in [2.05, 4.69) is 4.98 Å². The van der Waals surface area contributed by atoms with Gasteiger partial charge in [0, 0.05) is 29.8 Å². The molecule has 0 saturated carbocycles. The third-order valence-corrected chi connectivity index (χ3v) is 6.97. The molecule has 1 saturated heterocycles. The third kappa shape index (κ3) is 2.83. The summed E-state index contributed by atoms with van der Waals surface area (Å²) in [5.41, 5.74) is 5.75. The van der Waals surface area contributed by atoms with Crippen LogP contribution in [-0.2, 0) is 10.0 Å². The number of pyridine rings is 1. The molecule has 2 unspecified atom stereocenters. The number of nitrogens with zero attached hydrogens (tertiary/aromatic N) is 2. The fourth-order valence-corrected chi connectivity index (χ4v) is 5.54. The molecule has 0 spiro atoms. The van der Waals surface area contributed by atoms with Crippen molar-refractivity contribution >= 4 is 39.0 Å². The van der Waals surface area contributed by atoms with Crippen LogP contribution in [0.1, 0.15) is 19.5 Å². The van der Waals surface area contributed by atoms with Gasteiger partial charge in [-0.05, 0) is 19.1 Å². The van der Waals surface area contributed by atoms with E-state index in [1.165, 1.54) is 16.6 Å². The summed E-state index contributed by atoms with van der Waals surface area (Å²) in [5, 5.41) is 0.253. The smallest absolute Gasteiger partial charge is 0.245 e. The quantitative estimate of drug-likeness (QED) is 0.840. The Balaban J connectivity index is 2.48.